The van der Waals surface area contributed by atoms with Crippen molar-refractivity contribution in [2.75, 3.05) is 0 Å². The molecule has 21 heavy (non-hydrogen) atoms. The van der Waals surface area contributed by atoms with Crippen LogP contribution in [0.4, 0.5) is 17.6 Å². The lowest BCUT2D eigenvalue weighted by atomic mass is 10.1. The summed E-state index contributed by atoms with van der Waals surface area (Å²) in [5, 5.41) is 5.68. The summed E-state index contributed by atoms with van der Waals surface area (Å²) in [4.78, 5) is 15.5. The van der Waals surface area contributed by atoms with Crippen LogP contribution in [0.25, 0.3) is 0 Å². The minimum atomic E-state index is -4.66. The summed E-state index contributed by atoms with van der Waals surface area (Å²) in [5.74, 6) is -1.66. The van der Waals surface area contributed by atoms with Gasteiger partial charge in [0.05, 0.1) is 17.7 Å². The van der Waals surface area contributed by atoms with Crippen molar-refractivity contribution in [1.82, 2.24) is 15.5 Å². The third-order valence-corrected chi connectivity index (χ3v) is 2.51. The predicted molar refractivity (Wildman–Crippen MR) is 61.6 cm³/mol. The fourth-order valence-corrected chi connectivity index (χ4v) is 1.54. The zero-order chi connectivity index (χ0) is 15.6. The van der Waals surface area contributed by atoms with Crippen molar-refractivity contribution in [2.45, 2.75) is 19.6 Å². The molecule has 0 aliphatic carbocycles. The zero-order valence-electron chi connectivity index (χ0n) is 10.7. The molecule has 5 nitrogen and oxygen atoms in total. The van der Waals surface area contributed by atoms with Gasteiger partial charge in [0.1, 0.15) is 5.82 Å². The van der Waals surface area contributed by atoms with Crippen molar-refractivity contribution < 1.29 is 26.9 Å². The second kappa shape index (κ2) is 5.51. The fourth-order valence-electron chi connectivity index (χ4n) is 1.54. The van der Waals surface area contributed by atoms with Crippen molar-refractivity contribution in [1.29, 1.82) is 0 Å². The number of hydrogen-bond acceptors (Lipinski definition) is 4. The first kappa shape index (κ1) is 14.9. The first-order chi connectivity index (χ1) is 9.77. The number of benzene rings is 1. The van der Waals surface area contributed by atoms with Gasteiger partial charge < -0.3 is 9.84 Å². The van der Waals surface area contributed by atoms with E-state index in [2.05, 4.69) is 15.5 Å². The van der Waals surface area contributed by atoms with E-state index in [0.717, 1.165) is 0 Å². The fraction of sp³-hybridized carbons (Fsp3) is 0.250. The number of aryl methyl sites for hydroxylation is 1. The van der Waals surface area contributed by atoms with Gasteiger partial charge in [0.15, 0.2) is 5.82 Å². The number of halogens is 4. The lowest BCUT2D eigenvalue weighted by Crippen LogP contribution is -2.24. The van der Waals surface area contributed by atoms with Crippen LogP contribution in [0.1, 0.15) is 27.6 Å². The highest BCUT2D eigenvalue weighted by atomic mass is 19.4. The van der Waals surface area contributed by atoms with Crippen LogP contribution < -0.4 is 5.32 Å². The van der Waals surface area contributed by atoms with E-state index in [1.54, 1.807) is 6.92 Å². The van der Waals surface area contributed by atoms with Crippen molar-refractivity contribution in [3.63, 3.8) is 0 Å². The van der Waals surface area contributed by atoms with Crippen molar-refractivity contribution in [3.05, 3.63) is 46.9 Å². The lowest BCUT2D eigenvalue weighted by molar-refractivity contribution is -0.137. The molecule has 0 aliphatic rings. The van der Waals surface area contributed by atoms with E-state index in [-0.39, 0.29) is 12.4 Å². The molecule has 0 atom stereocenters. The minimum absolute atomic E-state index is 0.0632. The van der Waals surface area contributed by atoms with Crippen molar-refractivity contribution in [2.24, 2.45) is 0 Å². The molecule has 2 rings (SSSR count). The summed E-state index contributed by atoms with van der Waals surface area (Å²) < 4.78 is 55.8. The monoisotopic (exact) mass is 303 g/mol. The number of hydrogen-bond donors (Lipinski definition) is 1. The summed E-state index contributed by atoms with van der Waals surface area (Å²) in [7, 11) is 0. The molecule has 0 aliphatic heterocycles. The molecule has 1 aromatic heterocycles. The van der Waals surface area contributed by atoms with Crippen LogP contribution >= 0.6 is 0 Å². The normalized spacial score (nSPS) is 11.5. The van der Waals surface area contributed by atoms with Gasteiger partial charge in [-0.2, -0.15) is 18.2 Å². The molecule has 1 N–H and O–H groups in total. The first-order valence-electron chi connectivity index (χ1n) is 5.71. The van der Waals surface area contributed by atoms with Crippen LogP contribution in [-0.4, -0.2) is 16.0 Å². The molecule has 1 amide bonds. The zero-order valence-corrected chi connectivity index (χ0v) is 10.7. The van der Waals surface area contributed by atoms with E-state index in [0.29, 0.717) is 24.0 Å². The van der Waals surface area contributed by atoms with E-state index in [1.165, 1.54) is 0 Å². The number of aromatic nitrogens is 2. The molecule has 0 saturated carbocycles. The Labute approximate surface area is 116 Å². The Hall–Kier alpha value is -2.45. The second-order valence-corrected chi connectivity index (χ2v) is 4.11. The molecule has 0 bridgehead atoms. The molecule has 0 radical (unpaired) electrons. The highest BCUT2D eigenvalue weighted by molar-refractivity contribution is 5.94. The Morgan fingerprint density at radius 1 is 1.38 bits per heavy atom. The van der Waals surface area contributed by atoms with Crippen molar-refractivity contribution >= 4 is 5.91 Å². The van der Waals surface area contributed by atoms with Crippen LogP contribution in [0.2, 0.25) is 0 Å². The summed E-state index contributed by atoms with van der Waals surface area (Å²) in [5.41, 5.74) is -1.82. The minimum Gasteiger partial charge on any atom is -0.343 e. The number of nitrogens with zero attached hydrogens (tertiary/aromatic N) is 2. The summed E-state index contributed by atoms with van der Waals surface area (Å²) in [6.45, 7) is 1.34. The quantitative estimate of drug-likeness (QED) is 0.884. The number of nitrogens with one attached hydrogen (secondary N) is 1. The maximum Gasteiger partial charge on any atom is 0.416 e. The van der Waals surface area contributed by atoms with E-state index >= 15 is 0 Å². The van der Waals surface area contributed by atoms with Gasteiger partial charge in [-0.15, -0.1) is 0 Å². The summed E-state index contributed by atoms with van der Waals surface area (Å²) in [6.07, 6.45) is -4.66. The SMILES string of the molecule is Cc1noc(CNC(=O)c2cc(C(F)(F)F)ccc2F)n1. The molecule has 9 heteroatoms. The highest BCUT2D eigenvalue weighted by Gasteiger charge is 2.31. The van der Waals surface area contributed by atoms with Gasteiger partial charge in [-0.25, -0.2) is 4.39 Å². The van der Waals surface area contributed by atoms with Gasteiger partial charge in [0.2, 0.25) is 5.89 Å². The van der Waals surface area contributed by atoms with Gasteiger partial charge >= 0.3 is 6.18 Å². The van der Waals surface area contributed by atoms with Gasteiger partial charge in [-0.05, 0) is 25.1 Å². The van der Waals surface area contributed by atoms with E-state index < -0.39 is 29.0 Å². The van der Waals surface area contributed by atoms with Crippen LogP contribution in [0.5, 0.6) is 0 Å². The van der Waals surface area contributed by atoms with E-state index in [9.17, 15) is 22.4 Å². The molecule has 2 aromatic rings. The summed E-state index contributed by atoms with van der Waals surface area (Å²) in [6, 6.07) is 1.60. The molecule has 0 saturated heterocycles. The standard InChI is InChI=1S/C12H9F4N3O2/c1-6-18-10(21-19-6)5-17-11(20)8-4-7(12(14,15)16)2-3-9(8)13/h2-4H,5H2,1H3,(H,17,20). The molecule has 112 valence electrons. The van der Waals surface area contributed by atoms with Gasteiger partial charge in [-0.3, -0.25) is 4.79 Å². The Bertz CT molecular complexity index is 667. The number of carbonyl (C=O) groups is 1. The number of carbonyl (C=O) groups excluding carboxylic acids is 1. The van der Waals surface area contributed by atoms with Crippen LogP contribution in [0, 0.1) is 12.7 Å². The maximum absolute atomic E-state index is 13.5. The Balaban J connectivity index is 2.15. The average molecular weight is 303 g/mol. The predicted octanol–water partition coefficient (Wildman–Crippen LogP) is 2.47. The smallest absolute Gasteiger partial charge is 0.343 e. The van der Waals surface area contributed by atoms with E-state index in [1.807, 2.05) is 0 Å². The number of alkyl halides is 3. The first-order valence-corrected chi connectivity index (χ1v) is 5.71. The molecule has 0 unspecified atom stereocenters. The molecule has 1 aromatic carbocycles. The van der Waals surface area contributed by atoms with Crippen LogP contribution in [-0.2, 0) is 12.7 Å². The molecule has 0 spiro atoms. The third kappa shape index (κ3) is 3.56. The molecule has 0 fully saturated rings. The number of rotatable bonds is 3. The van der Waals surface area contributed by atoms with Crippen LogP contribution in [0.15, 0.2) is 22.7 Å². The Kier molecular flexibility index (Phi) is 3.92. The molecular weight excluding hydrogens is 294 g/mol. The van der Waals surface area contributed by atoms with Crippen LogP contribution in [0.3, 0.4) is 0 Å². The highest BCUT2D eigenvalue weighted by Crippen LogP contribution is 2.30. The van der Waals surface area contributed by atoms with E-state index in [4.69, 9.17) is 4.52 Å². The average Bonchev–Trinajstić information content (AvgIpc) is 2.81. The third-order valence-electron chi connectivity index (χ3n) is 2.51. The summed E-state index contributed by atoms with van der Waals surface area (Å²) >= 11 is 0. The Morgan fingerprint density at radius 3 is 2.67 bits per heavy atom. The van der Waals surface area contributed by atoms with Gasteiger partial charge in [0, 0.05) is 0 Å². The maximum atomic E-state index is 13.5. The Morgan fingerprint density at radius 2 is 2.10 bits per heavy atom. The second-order valence-electron chi connectivity index (χ2n) is 4.11. The van der Waals surface area contributed by atoms with Gasteiger partial charge in [0.25, 0.3) is 5.91 Å². The van der Waals surface area contributed by atoms with Gasteiger partial charge in [-0.1, -0.05) is 5.16 Å². The number of amides is 1. The topological polar surface area (TPSA) is 68.0 Å². The lowest BCUT2D eigenvalue weighted by Gasteiger charge is -2.09. The largest absolute Gasteiger partial charge is 0.416 e. The molecule has 1 heterocycles. The van der Waals surface area contributed by atoms with Crippen molar-refractivity contribution in [3.8, 4) is 0 Å². The molecular formula is C12H9F4N3O2.